The van der Waals surface area contributed by atoms with Crippen LogP contribution in [-0.4, -0.2) is 0 Å². The Hall–Kier alpha value is 0.460. The lowest BCUT2D eigenvalue weighted by molar-refractivity contribution is 0.628. The predicted octanol–water partition coefficient (Wildman–Crippen LogP) is 3.74. The van der Waals surface area contributed by atoms with Gasteiger partial charge < -0.3 is 0 Å². The molecular weight excluding hydrogens is 289 g/mol. The molecule has 0 aliphatic heterocycles. The van der Waals surface area contributed by atoms with Crippen molar-refractivity contribution in [1.29, 1.82) is 0 Å². The van der Waals surface area contributed by atoms with Gasteiger partial charge in [-0.15, -0.1) is 0 Å². The third kappa shape index (κ3) is 1.74. The first-order valence-electron chi connectivity index (χ1n) is 2.41. The van der Waals surface area contributed by atoms with Gasteiger partial charge in [0.1, 0.15) is 0 Å². The Balaban J connectivity index is 3.31. The maximum absolute atomic E-state index is 12.6. The summed E-state index contributed by atoms with van der Waals surface area (Å²) in [5, 5.41) is 0.133. The van der Waals surface area contributed by atoms with Gasteiger partial charge >= 0.3 is 0 Å². The van der Waals surface area contributed by atoms with Gasteiger partial charge in [0.05, 0.1) is 10.0 Å². The number of rotatable bonds is 0. The Labute approximate surface area is 81.5 Å². The lowest BCUT2D eigenvalue weighted by atomic mass is 10.3. The van der Waals surface area contributed by atoms with E-state index in [4.69, 9.17) is 23.2 Å². The van der Waals surface area contributed by atoms with Crippen molar-refractivity contribution in [2.45, 2.75) is 0 Å². The molecule has 0 spiro atoms. The van der Waals surface area contributed by atoms with Crippen LogP contribution in [0.15, 0.2) is 12.1 Å². The van der Waals surface area contributed by atoms with Gasteiger partial charge in [-0.2, -0.15) is 0 Å². The van der Waals surface area contributed by atoms with E-state index in [9.17, 15) is 4.39 Å². The predicted molar refractivity (Wildman–Crippen MR) is 49.1 cm³/mol. The molecule has 0 nitrogen and oxygen atoms in total. The van der Waals surface area contributed by atoms with Crippen LogP contribution in [0.3, 0.4) is 0 Å². The Morgan fingerprint density at radius 1 is 1.20 bits per heavy atom. The van der Waals surface area contributed by atoms with Crippen molar-refractivity contribution >= 4 is 45.8 Å². The van der Waals surface area contributed by atoms with Crippen LogP contribution in [0.4, 0.5) is 4.39 Å². The number of halogens is 4. The molecule has 0 saturated carbocycles. The molecule has 10 heavy (non-hydrogen) atoms. The molecule has 0 aliphatic rings. The molecule has 1 aromatic carbocycles. The quantitative estimate of drug-likeness (QED) is 0.388. The van der Waals surface area contributed by atoms with Crippen molar-refractivity contribution in [3.63, 3.8) is 0 Å². The van der Waals surface area contributed by atoms with Crippen molar-refractivity contribution in [2.75, 3.05) is 0 Å². The molecule has 0 unspecified atom stereocenters. The van der Waals surface area contributed by atoms with Crippen molar-refractivity contribution < 1.29 is 4.39 Å². The minimum Gasteiger partial charge on any atom is -0.204 e. The summed E-state index contributed by atoms with van der Waals surface area (Å²) in [6.07, 6.45) is 0. The van der Waals surface area contributed by atoms with Crippen LogP contribution in [0.1, 0.15) is 0 Å². The van der Waals surface area contributed by atoms with Gasteiger partial charge in [-0.1, -0.05) is 23.2 Å². The summed E-state index contributed by atoms with van der Waals surface area (Å²) in [5.74, 6) is -0.552. The Kier molecular flexibility index (Phi) is 2.77. The molecule has 0 aromatic heterocycles. The molecule has 0 bridgehead atoms. The average molecular weight is 291 g/mol. The number of hydrogen-bond acceptors (Lipinski definition) is 0. The Morgan fingerprint density at radius 3 is 2.00 bits per heavy atom. The smallest absolute Gasteiger partial charge is 0.160 e. The number of hydrogen-bond donors (Lipinski definition) is 0. The second kappa shape index (κ2) is 3.24. The van der Waals surface area contributed by atoms with Gasteiger partial charge in [0.15, 0.2) is 5.82 Å². The zero-order chi connectivity index (χ0) is 7.72. The number of benzene rings is 1. The fourth-order valence-electron chi connectivity index (χ4n) is 0.525. The van der Waals surface area contributed by atoms with E-state index in [0.717, 1.165) is 3.57 Å². The first-order chi connectivity index (χ1) is 4.61. The maximum Gasteiger partial charge on any atom is 0.160 e. The highest BCUT2D eigenvalue weighted by Gasteiger charge is 2.04. The fourth-order valence-corrected chi connectivity index (χ4v) is 2.00. The van der Waals surface area contributed by atoms with E-state index >= 15 is 0 Å². The van der Waals surface area contributed by atoms with Crippen LogP contribution < -0.4 is 0 Å². The highest BCUT2D eigenvalue weighted by Crippen LogP contribution is 2.25. The van der Waals surface area contributed by atoms with Gasteiger partial charge in [0.2, 0.25) is 0 Å². The van der Waals surface area contributed by atoms with E-state index in [-0.39, 0.29) is 10.0 Å². The minimum absolute atomic E-state index is 0.0666. The summed E-state index contributed by atoms with van der Waals surface area (Å²) in [4.78, 5) is 0. The van der Waals surface area contributed by atoms with Crippen LogP contribution in [-0.2, 0) is 0 Å². The van der Waals surface area contributed by atoms with Crippen LogP contribution in [0.2, 0.25) is 10.0 Å². The SMILES string of the molecule is Fc1c(Cl)cc(I)cc1Cl. The third-order valence-corrected chi connectivity index (χ3v) is 2.12. The van der Waals surface area contributed by atoms with E-state index in [0.29, 0.717) is 0 Å². The minimum atomic E-state index is -0.552. The molecule has 0 aliphatic carbocycles. The third-order valence-electron chi connectivity index (χ3n) is 0.949. The summed E-state index contributed by atoms with van der Waals surface area (Å²) in [5.41, 5.74) is 0. The summed E-state index contributed by atoms with van der Waals surface area (Å²) in [7, 11) is 0. The molecular formula is C6H2Cl2FI. The zero-order valence-corrected chi connectivity index (χ0v) is 8.34. The van der Waals surface area contributed by atoms with Gasteiger partial charge in [-0.05, 0) is 34.7 Å². The highest BCUT2D eigenvalue weighted by molar-refractivity contribution is 14.1. The summed E-state index contributed by atoms with van der Waals surface area (Å²) >= 11 is 12.9. The van der Waals surface area contributed by atoms with Crippen molar-refractivity contribution in [3.05, 3.63) is 31.6 Å². The Bertz CT molecular complexity index is 239. The standard InChI is InChI=1S/C6H2Cl2FI/c7-4-1-3(10)2-5(8)6(4)9/h1-2H. The van der Waals surface area contributed by atoms with Crippen molar-refractivity contribution in [3.8, 4) is 0 Å². The van der Waals surface area contributed by atoms with E-state index in [1.54, 1.807) is 0 Å². The Morgan fingerprint density at radius 2 is 1.60 bits per heavy atom. The van der Waals surface area contributed by atoms with Crippen LogP contribution >= 0.6 is 45.8 Å². The molecule has 0 N–H and O–H groups in total. The average Bonchev–Trinajstić information content (AvgIpc) is 1.82. The first kappa shape index (κ1) is 8.56. The summed E-state index contributed by atoms with van der Waals surface area (Å²) in [6, 6.07) is 3.03. The molecule has 54 valence electrons. The highest BCUT2D eigenvalue weighted by atomic mass is 127. The molecule has 0 amide bonds. The molecule has 0 saturated heterocycles. The second-order valence-electron chi connectivity index (χ2n) is 1.68. The van der Waals surface area contributed by atoms with E-state index in [2.05, 4.69) is 0 Å². The van der Waals surface area contributed by atoms with Gasteiger partial charge in [0, 0.05) is 3.57 Å². The molecule has 0 heterocycles. The monoisotopic (exact) mass is 290 g/mol. The van der Waals surface area contributed by atoms with Crippen molar-refractivity contribution in [2.24, 2.45) is 0 Å². The zero-order valence-electron chi connectivity index (χ0n) is 4.67. The second-order valence-corrected chi connectivity index (χ2v) is 3.74. The topological polar surface area (TPSA) is 0 Å². The molecule has 4 heteroatoms. The van der Waals surface area contributed by atoms with E-state index < -0.39 is 5.82 Å². The van der Waals surface area contributed by atoms with E-state index in [1.807, 2.05) is 22.6 Å². The van der Waals surface area contributed by atoms with Crippen LogP contribution in [0.25, 0.3) is 0 Å². The molecule has 0 fully saturated rings. The van der Waals surface area contributed by atoms with Crippen molar-refractivity contribution in [1.82, 2.24) is 0 Å². The van der Waals surface area contributed by atoms with E-state index in [1.165, 1.54) is 12.1 Å². The molecule has 0 atom stereocenters. The largest absolute Gasteiger partial charge is 0.204 e. The van der Waals surface area contributed by atoms with Crippen LogP contribution in [0, 0.1) is 9.39 Å². The molecule has 1 rings (SSSR count). The van der Waals surface area contributed by atoms with Crippen LogP contribution in [0.5, 0.6) is 0 Å². The van der Waals surface area contributed by atoms with Gasteiger partial charge in [-0.3, -0.25) is 0 Å². The summed E-state index contributed by atoms with van der Waals surface area (Å²) < 4.78 is 13.5. The normalized spacial score (nSPS) is 10.0. The fraction of sp³-hybridized carbons (Fsp3) is 0. The van der Waals surface area contributed by atoms with Gasteiger partial charge in [0.25, 0.3) is 0 Å². The first-order valence-corrected chi connectivity index (χ1v) is 4.25. The molecule has 1 aromatic rings. The lowest BCUT2D eigenvalue weighted by Crippen LogP contribution is -1.80. The van der Waals surface area contributed by atoms with Gasteiger partial charge in [-0.25, -0.2) is 4.39 Å². The summed E-state index contributed by atoms with van der Waals surface area (Å²) in [6.45, 7) is 0. The maximum atomic E-state index is 12.6. The molecule has 0 radical (unpaired) electrons. The lowest BCUT2D eigenvalue weighted by Gasteiger charge is -1.96.